The summed E-state index contributed by atoms with van der Waals surface area (Å²) in [5.41, 5.74) is 2.86. The van der Waals surface area contributed by atoms with Crippen LogP contribution in [0.5, 0.6) is 0 Å². The van der Waals surface area contributed by atoms with E-state index in [-0.39, 0.29) is 11.6 Å². The van der Waals surface area contributed by atoms with Gasteiger partial charge in [0.05, 0.1) is 0 Å². The minimum absolute atomic E-state index is 0.264. The second kappa shape index (κ2) is 7.10. The van der Waals surface area contributed by atoms with Crippen LogP contribution >= 0.6 is 11.6 Å². The summed E-state index contributed by atoms with van der Waals surface area (Å²) in [6.45, 7) is 2.00. The van der Waals surface area contributed by atoms with Crippen LogP contribution in [0, 0.1) is 6.92 Å². The van der Waals surface area contributed by atoms with E-state index in [0.717, 1.165) is 11.3 Å². The monoisotopic (exact) mass is 338 g/mol. The fraction of sp³-hybridized carbons (Fsp3) is 0.0556. The molecule has 0 saturated heterocycles. The number of nitrogens with one attached hydrogen (secondary N) is 2. The Bertz CT molecular complexity index is 882. The largest absolute Gasteiger partial charge is 0.324 e. The number of benzene rings is 2. The molecule has 0 unspecified atom stereocenters. The molecule has 2 aromatic carbocycles. The van der Waals surface area contributed by atoms with Gasteiger partial charge in [-0.15, -0.1) is 0 Å². The summed E-state index contributed by atoms with van der Waals surface area (Å²) < 4.78 is 0. The summed E-state index contributed by atoms with van der Waals surface area (Å²) in [7, 11) is 0. The minimum Gasteiger partial charge on any atom is -0.324 e. The number of carbonyl (C=O) groups excluding carboxylic acids is 1. The zero-order valence-electron chi connectivity index (χ0n) is 13.0. The number of anilines is 3. The second-order valence-electron chi connectivity index (χ2n) is 5.22. The van der Waals surface area contributed by atoms with E-state index < -0.39 is 0 Å². The molecule has 0 aliphatic heterocycles. The van der Waals surface area contributed by atoms with E-state index in [9.17, 15) is 4.79 Å². The molecule has 6 heteroatoms. The predicted octanol–water partition coefficient (Wildman–Crippen LogP) is 4.43. The Morgan fingerprint density at radius 3 is 2.62 bits per heavy atom. The third-order valence-corrected chi connectivity index (χ3v) is 3.48. The molecule has 0 atom stereocenters. The first-order valence-electron chi connectivity index (χ1n) is 7.34. The van der Waals surface area contributed by atoms with E-state index >= 15 is 0 Å². The van der Waals surface area contributed by atoms with E-state index in [1.165, 1.54) is 6.20 Å². The third-order valence-electron chi connectivity index (χ3n) is 3.24. The van der Waals surface area contributed by atoms with Gasteiger partial charge in [0.25, 0.3) is 5.91 Å². The normalized spacial score (nSPS) is 10.2. The molecule has 0 aliphatic rings. The van der Waals surface area contributed by atoms with E-state index in [2.05, 4.69) is 20.6 Å². The Morgan fingerprint density at radius 2 is 1.83 bits per heavy atom. The molecule has 24 heavy (non-hydrogen) atoms. The highest BCUT2D eigenvalue weighted by Crippen LogP contribution is 2.17. The van der Waals surface area contributed by atoms with Gasteiger partial charge in [0.15, 0.2) is 0 Å². The number of halogens is 1. The third kappa shape index (κ3) is 4.08. The van der Waals surface area contributed by atoms with Crippen molar-refractivity contribution in [3.63, 3.8) is 0 Å². The van der Waals surface area contributed by atoms with Crippen molar-refractivity contribution in [2.75, 3.05) is 10.6 Å². The molecule has 1 amide bonds. The van der Waals surface area contributed by atoms with Gasteiger partial charge in [-0.25, -0.2) is 9.97 Å². The zero-order chi connectivity index (χ0) is 16.9. The Labute approximate surface area is 144 Å². The van der Waals surface area contributed by atoms with Crippen molar-refractivity contribution in [1.29, 1.82) is 0 Å². The average molecular weight is 339 g/mol. The highest BCUT2D eigenvalue weighted by Gasteiger charge is 2.09. The molecule has 3 rings (SSSR count). The molecule has 0 spiro atoms. The highest BCUT2D eigenvalue weighted by atomic mass is 35.5. The number of aryl methyl sites for hydroxylation is 1. The van der Waals surface area contributed by atoms with Crippen LogP contribution < -0.4 is 10.6 Å². The molecule has 0 saturated carbocycles. The maximum atomic E-state index is 12.3. The van der Waals surface area contributed by atoms with Crippen LogP contribution in [0.2, 0.25) is 5.02 Å². The number of amides is 1. The van der Waals surface area contributed by atoms with Gasteiger partial charge in [0.1, 0.15) is 5.69 Å². The van der Waals surface area contributed by atoms with Crippen molar-refractivity contribution in [2.24, 2.45) is 0 Å². The van der Waals surface area contributed by atoms with Crippen molar-refractivity contribution < 1.29 is 4.79 Å². The van der Waals surface area contributed by atoms with Crippen LogP contribution in [0.3, 0.4) is 0 Å². The number of nitrogens with zero attached hydrogens (tertiary/aromatic N) is 2. The van der Waals surface area contributed by atoms with Gasteiger partial charge in [-0.1, -0.05) is 29.8 Å². The van der Waals surface area contributed by atoms with Crippen molar-refractivity contribution >= 4 is 34.8 Å². The van der Waals surface area contributed by atoms with Gasteiger partial charge in [-0.3, -0.25) is 4.79 Å². The number of rotatable bonds is 4. The molecule has 0 bridgehead atoms. The van der Waals surface area contributed by atoms with E-state index in [4.69, 9.17) is 11.6 Å². The lowest BCUT2D eigenvalue weighted by atomic mass is 10.2. The number of hydrogen-bond donors (Lipinski definition) is 2. The van der Waals surface area contributed by atoms with Gasteiger partial charge in [0, 0.05) is 22.6 Å². The maximum absolute atomic E-state index is 12.3. The summed E-state index contributed by atoms with van der Waals surface area (Å²) >= 11 is 5.92. The van der Waals surface area contributed by atoms with Gasteiger partial charge in [-0.05, 0) is 48.9 Å². The first kappa shape index (κ1) is 16.0. The Kier molecular flexibility index (Phi) is 4.72. The van der Waals surface area contributed by atoms with Crippen molar-refractivity contribution in [3.8, 4) is 0 Å². The molecule has 1 aromatic heterocycles. The van der Waals surface area contributed by atoms with E-state index in [1.54, 1.807) is 30.3 Å². The lowest BCUT2D eigenvalue weighted by Gasteiger charge is -2.08. The first-order valence-corrected chi connectivity index (χ1v) is 7.71. The summed E-state index contributed by atoms with van der Waals surface area (Å²) in [6, 6.07) is 16.3. The van der Waals surface area contributed by atoms with Crippen molar-refractivity contribution in [3.05, 3.63) is 77.1 Å². The summed E-state index contributed by atoms with van der Waals surface area (Å²) in [5, 5.41) is 6.40. The van der Waals surface area contributed by atoms with Gasteiger partial charge in [0.2, 0.25) is 5.95 Å². The van der Waals surface area contributed by atoms with E-state index in [1.807, 2.05) is 31.2 Å². The molecule has 0 fully saturated rings. The smallest absolute Gasteiger partial charge is 0.274 e. The van der Waals surface area contributed by atoms with Crippen LogP contribution in [-0.2, 0) is 0 Å². The van der Waals surface area contributed by atoms with Gasteiger partial charge < -0.3 is 10.6 Å². The molecule has 2 N–H and O–H groups in total. The average Bonchev–Trinajstić information content (AvgIpc) is 2.55. The van der Waals surface area contributed by atoms with Crippen LogP contribution in [-0.4, -0.2) is 15.9 Å². The molecule has 3 aromatic rings. The quantitative estimate of drug-likeness (QED) is 0.738. The molecule has 5 nitrogen and oxygen atoms in total. The molecular weight excluding hydrogens is 324 g/mol. The number of hydrogen-bond acceptors (Lipinski definition) is 4. The maximum Gasteiger partial charge on any atom is 0.274 e. The second-order valence-corrected chi connectivity index (χ2v) is 5.66. The fourth-order valence-electron chi connectivity index (χ4n) is 2.16. The lowest BCUT2D eigenvalue weighted by molar-refractivity contribution is 0.102. The number of carbonyl (C=O) groups is 1. The van der Waals surface area contributed by atoms with E-state index in [0.29, 0.717) is 16.7 Å². The summed E-state index contributed by atoms with van der Waals surface area (Å²) in [4.78, 5) is 20.7. The van der Waals surface area contributed by atoms with Crippen LogP contribution in [0.4, 0.5) is 17.3 Å². The lowest BCUT2D eigenvalue weighted by Crippen LogP contribution is -2.14. The highest BCUT2D eigenvalue weighted by molar-refractivity contribution is 6.30. The Morgan fingerprint density at radius 1 is 1.04 bits per heavy atom. The summed E-state index contributed by atoms with van der Waals surface area (Å²) in [6.07, 6.45) is 1.54. The van der Waals surface area contributed by atoms with Gasteiger partial charge in [-0.2, -0.15) is 0 Å². The SMILES string of the molecule is Cc1cccc(Nc2nccc(C(=O)Nc3cccc(Cl)c3)n2)c1. The topological polar surface area (TPSA) is 66.9 Å². The fourth-order valence-corrected chi connectivity index (χ4v) is 2.35. The van der Waals surface area contributed by atoms with Gasteiger partial charge >= 0.3 is 0 Å². The standard InChI is InChI=1S/C18H15ClN4O/c1-12-4-2-6-14(10-12)22-18-20-9-8-16(23-18)17(24)21-15-7-3-5-13(19)11-15/h2-11H,1H3,(H,21,24)(H,20,22,23). The predicted molar refractivity (Wildman–Crippen MR) is 95.9 cm³/mol. The molecule has 0 aliphatic carbocycles. The molecule has 1 heterocycles. The minimum atomic E-state index is -0.327. The summed E-state index contributed by atoms with van der Waals surface area (Å²) in [5.74, 6) is 0.0336. The Hall–Kier alpha value is -2.92. The van der Waals surface area contributed by atoms with Crippen molar-refractivity contribution in [1.82, 2.24) is 9.97 Å². The Balaban J connectivity index is 1.76. The molecular formula is C18H15ClN4O. The van der Waals surface area contributed by atoms with Crippen molar-refractivity contribution in [2.45, 2.75) is 6.92 Å². The first-order chi connectivity index (χ1) is 11.6. The van der Waals surface area contributed by atoms with Crippen LogP contribution in [0.25, 0.3) is 0 Å². The molecule has 0 radical (unpaired) electrons. The van der Waals surface area contributed by atoms with Crippen LogP contribution in [0.15, 0.2) is 60.8 Å². The zero-order valence-corrected chi connectivity index (χ0v) is 13.7. The van der Waals surface area contributed by atoms with Crippen LogP contribution in [0.1, 0.15) is 16.1 Å². The number of aromatic nitrogens is 2. The molecule has 120 valence electrons.